The Labute approximate surface area is 364 Å². The third kappa shape index (κ3) is 9.93. The molecular formula is C48H55ClN6O5S. The van der Waals surface area contributed by atoms with Crippen molar-refractivity contribution < 1.29 is 22.7 Å². The molecule has 320 valence electrons. The summed E-state index contributed by atoms with van der Waals surface area (Å²) in [6, 6.07) is 26.2. The van der Waals surface area contributed by atoms with E-state index in [1.54, 1.807) is 25.1 Å². The molecule has 61 heavy (non-hydrogen) atoms. The number of amides is 2. The van der Waals surface area contributed by atoms with Crippen molar-refractivity contribution >= 4 is 61.3 Å². The molecular weight excluding hydrogens is 808 g/mol. The summed E-state index contributed by atoms with van der Waals surface area (Å²) in [5, 5.41) is 5.20. The number of carbonyl (C=O) groups is 2. The van der Waals surface area contributed by atoms with Crippen LogP contribution >= 0.6 is 11.6 Å². The fraction of sp³-hybridized carbons (Fsp3) is 0.375. The van der Waals surface area contributed by atoms with E-state index in [-0.39, 0.29) is 33.6 Å². The third-order valence-corrected chi connectivity index (χ3v) is 14.1. The van der Waals surface area contributed by atoms with Crippen LogP contribution in [-0.2, 0) is 14.8 Å². The number of sulfonamides is 1. The Hall–Kier alpha value is -5.30. The average Bonchev–Trinajstić information content (AvgIpc) is 3.71. The molecule has 0 unspecified atom stereocenters. The number of piperazine rings is 1. The van der Waals surface area contributed by atoms with Gasteiger partial charge in [0.1, 0.15) is 11.5 Å². The first-order valence-electron chi connectivity index (χ1n) is 21.2. The van der Waals surface area contributed by atoms with Crippen molar-refractivity contribution in [3.05, 3.63) is 118 Å². The first-order chi connectivity index (χ1) is 29.2. The summed E-state index contributed by atoms with van der Waals surface area (Å²) >= 11 is 6.25. The zero-order chi connectivity index (χ0) is 42.9. The highest BCUT2D eigenvalue weighted by atomic mass is 35.5. The van der Waals surface area contributed by atoms with Crippen LogP contribution in [0.2, 0.25) is 5.02 Å². The molecule has 2 saturated heterocycles. The number of anilines is 2. The summed E-state index contributed by atoms with van der Waals surface area (Å²) < 4.78 is 36.2. The highest BCUT2D eigenvalue weighted by Crippen LogP contribution is 2.43. The second kappa shape index (κ2) is 17.6. The maximum atomic E-state index is 14.0. The van der Waals surface area contributed by atoms with Crippen LogP contribution < -0.4 is 19.7 Å². The van der Waals surface area contributed by atoms with E-state index in [1.807, 2.05) is 66.6 Å². The first-order valence-corrected chi connectivity index (χ1v) is 23.1. The minimum atomic E-state index is -4.24. The fourth-order valence-corrected chi connectivity index (χ4v) is 10.0. The van der Waals surface area contributed by atoms with Gasteiger partial charge in [-0.2, -0.15) is 0 Å². The van der Waals surface area contributed by atoms with Gasteiger partial charge in [-0.05, 0) is 128 Å². The predicted octanol–water partition coefficient (Wildman–Crippen LogP) is 9.25. The van der Waals surface area contributed by atoms with Crippen LogP contribution in [0.5, 0.6) is 11.5 Å². The second-order valence-corrected chi connectivity index (χ2v) is 19.7. The quantitative estimate of drug-likeness (QED) is 0.120. The number of fused-ring (bicyclic) bond motifs is 1. The molecule has 0 spiro atoms. The number of hydrogen-bond acceptors (Lipinski definition) is 8. The summed E-state index contributed by atoms with van der Waals surface area (Å²) in [5.41, 5.74) is 7.94. The van der Waals surface area contributed by atoms with Gasteiger partial charge in [-0.25, -0.2) is 13.1 Å². The number of halogens is 1. The van der Waals surface area contributed by atoms with Gasteiger partial charge in [0.05, 0.1) is 10.5 Å². The van der Waals surface area contributed by atoms with Gasteiger partial charge in [-0.1, -0.05) is 43.2 Å². The Kier molecular flexibility index (Phi) is 12.2. The minimum absolute atomic E-state index is 0.0156. The average molecular weight is 864 g/mol. The van der Waals surface area contributed by atoms with E-state index in [2.05, 4.69) is 50.8 Å². The molecule has 13 heteroatoms. The van der Waals surface area contributed by atoms with Gasteiger partial charge in [0, 0.05) is 98.3 Å². The normalized spacial score (nSPS) is 17.7. The van der Waals surface area contributed by atoms with Crippen molar-refractivity contribution in [3.63, 3.8) is 0 Å². The Morgan fingerprint density at radius 3 is 2.38 bits per heavy atom. The second-order valence-electron chi connectivity index (χ2n) is 17.5. The van der Waals surface area contributed by atoms with Crippen molar-refractivity contribution in [1.29, 1.82) is 0 Å². The van der Waals surface area contributed by atoms with Crippen LogP contribution in [0, 0.1) is 12.3 Å². The number of carbonyl (C=O) groups excluding carboxylic acids is 2. The number of aromatic amines is 1. The van der Waals surface area contributed by atoms with Crippen molar-refractivity contribution in [3.8, 4) is 11.5 Å². The lowest BCUT2D eigenvalue weighted by molar-refractivity contribution is -0.129. The number of likely N-dealkylation sites (tertiary alicyclic amines) is 1. The minimum Gasteiger partial charge on any atom is -0.456 e. The van der Waals surface area contributed by atoms with E-state index >= 15 is 0 Å². The number of benzene rings is 4. The Morgan fingerprint density at radius 1 is 0.902 bits per heavy atom. The molecule has 0 atom stereocenters. The largest absolute Gasteiger partial charge is 0.456 e. The van der Waals surface area contributed by atoms with Gasteiger partial charge in [-0.3, -0.25) is 14.5 Å². The third-order valence-electron chi connectivity index (χ3n) is 12.5. The summed E-state index contributed by atoms with van der Waals surface area (Å²) in [6.45, 7) is 13.7. The van der Waals surface area contributed by atoms with E-state index < -0.39 is 15.9 Å². The molecule has 1 aromatic heterocycles. The fourth-order valence-electron chi connectivity index (χ4n) is 8.86. The summed E-state index contributed by atoms with van der Waals surface area (Å²) in [5.74, 6) is 0.0749. The van der Waals surface area contributed by atoms with Crippen molar-refractivity contribution in [2.75, 3.05) is 56.0 Å². The summed E-state index contributed by atoms with van der Waals surface area (Å²) in [6.07, 6.45) is 6.73. The smallest absolute Gasteiger partial charge is 0.268 e. The number of nitrogens with zero attached hydrogens (tertiary/aromatic N) is 3. The number of hydrogen-bond donors (Lipinski definition) is 3. The number of allylic oxidation sites excluding steroid dienone is 1. The SMILES string of the molecule is CC(=O)N1CCC(Nc2ccc(S(=O)(=O)NC(=O)c3ccc(N4CCN(CC5=C(c6ccc(Cl)cc6)CC(C)(C)CC5)CC4)cc3Oc3ccc4[nH]ccc4c3)cc2C)CC1. The Balaban J connectivity index is 0.981. The van der Waals surface area contributed by atoms with Crippen molar-refractivity contribution in [2.24, 2.45) is 5.41 Å². The molecule has 11 nitrogen and oxygen atoms in total. The highest BCUT2D eigenvalue weighted by Gasteiger charge is 2.30. The molecule has 4 aromatic carbocycles. The molecule has 1 aliphatic carbocycles. The van der Waals surface area contributed by atoms with E-state index in [4.69, 9.17) is 16.3 Å². The van der Waals surface area contributed by atoms with E-state index in [9.17, 15) is 18.0 Å². The van der Waals surface area contributed by atoms with Gasteiger partial charge >= 0.3 is 0 Å². The lowest BCUT2D eigenvalue weighted by Gasteiger charge is -2.39. The van der Waals surface area contributed by atoms with Crippen molar-refractivity contribution in [1.82, 2.24) is 19.5 Å². The monoisotopic (exact) mass is 862 g/mol. The number of aryl methyl sites for hydroxylation is 1. The van der Waals surface area contributed by atoms with E-state index in [0.717, 1.165) is 97.7 Å². The van der Waals surface area contributed by atoms with E-state index in [0.29, 0.717) is 18.8 Å². The molecule has 8 rings (SSSR count). The maximum Gasteiger partial charge on any atom is 0.268 e. The van der Waals surface area contributed by atoms with Crippen LogP contribution in [-0.4, -0.2) is 86.9 Å². The molecule has 3 N–H and O–H groups in total. The molecule has 0 radical (unpaired) electrons. The maximum absolute atomic E-state index is 14.0. The van der Waals surface area contributed by atoms with Crippen LogP contribution in [0.1, 0.15) is 74.4 Å². The summed E-state index contributed by atoms with van der Waals surface area (Å²) in [7, 11) is -4.24. The topological polar surface area (TPSA) is 127 Å². The number of aromatic nitrogens is 1. The molecule has 3 aliphatic rings. The number of piperidine rings is 1. The van der Waals surface area contributed by atoms with Crippen molar-refractivity contribution in [2.45, 2.75) is 70.7 Å². The molecule has 2 amide bonds. The zero-order valence-electron chi connectivity index (χ0n) is 35.4. The summed E-state index contributed by atoms with van der Waals surface area (Å²) in [4.78, 5) is 35.6. The van der Waals surface area contributed by atoms with Gasteiger partial charge in [0.15, 0.2) is 0 Å². The van der Waals surface area contributed by atoms with E-state index in [1.165, 1.54) is 22.8 Å². The Morgan fingerprint density at radius 2 is 1.66 bits per heavy atom. The number of rotatable bonds is 11. The first kappa shape index (κ1) is 42.4. The Bertz CT molecular complexity index is 2570. The van der Waals surface area contributed by atoms with Gasteiger partial charge in [-0.15, -0.1) is 0 Å². The molecule has 0 bridgehead atoms. The number of ether oxygens (including phenoxy) is 1. The van der Waals surface area contributed by atoms with Crippen LogP contribution in [0.15, 0.2) is 102 Å². The van der Waals surface area contributed by atoms with Crippen LogP contribution in [0.25, 0.3) is 16.5 Å². The lowest BCUT2D eigenvalue weighted by atomic mass is 9.72. The van der Waals surface area contributed by atoms with Gasteiger partial charge < -0.3 is 24.8 Å². The van der Waals surface area contributed by atoms with Crippen LogP contribution in [0.4, 0.5) is 11.4 Å². The standard InChI is InChI=1S/C48H55ClN6O5S/c1-32-27-41(11-14-44(32)51-38-17-21-54(22-18-38)33(2)56)61(58,59)52-47(57)42-12-9-39(29-46(42)60-40-10-13-45-35(28-40)16-20-50-45)55-25-23-53(24-26-55)31-36-15-19-48(3,4)30-43(36)34-5-7-37(49)8-6-34/h5-14,16,20,27-29,38,50-51H,15,17-19,21-26,30-31H2,1-4H3,(H,52,57). The number of H-pyrrole nitrogens is 1. The van der Waals surface area contributed by atoms with Gasteiger partial charge in [0.2, 0.25) is 5.91 Å². The molecule has 3 heterocycles. The predicted molar refractivity (Wildman–Crippen MR) is 244 cm³/mol. The molecule has 0 saturated carbocycles. The number of nitrogens with one attached hydrogen (secondary N) is 3. The van der Waals surface area contributed by atoms with Gasteiger partial charge in [0.25, 0.3) is 15.9 Å². The molecule has 2 fully saturated rings. The molecule has 2 aliphatic heterocycles. The zero-order valence-corrected chi connectivity index (χ0v) is 37.0. The highest BCUT2D eigenvalue weighted by molar-refractivity contribution is 7.90. The molecule has 5 aromatic rings. The van der Waals surface area contributed by atoms with Crippen LogP contribution in [0.3, 0.4) is 0 Å². The lowest BCUT2D eigenvalue weighted by Crippen LogP contribution is -2.47.